The van der Waals surface area contributed by atoms with Crippen LogP contribution in [0, 0.1) is 0 Å². The molecular formula is C20H22N4O3S. The maximum absolute atomic E-state index is 12.6. The Morgan fingerprint density at radius 2 is 1.96 bits per heavy atom. The third-order valence-electron chi connectivity index (χ3n) is 4.20. The van der Waals surface area contributed by atoms with Crippen molar-refractivity contribution < 1.29 is 14.3 Å². The number of nitrogens with zero attached hydrogens (tertiary/aromatic N) is 4. The van der Waals surface area contributed by atoms with Gasteiger partial charge in [0, 0.05) is 25.2 Å². The molecule has 0 aliphatic rings. The van der Waals surface area contributed by atoms with Crippen LogP contribution in [0.25, 0.3) is 5.69 Å². The lowest BCUT2D eigenvalue weighted by Gasteiger charge is -2.18. The first kappa shape index (κ1) is 19.8. The number of aromatic nitrogens is 3. The standard InChI is InChI=1S/C20H22N4O3S/c1-23(12-15-7-4-5-10-18(15)27-3)19(25)13-28-20-22-21-14-24(20)16-8-6-9-17(11-16)26-2/h4-11,14H,12-13H2,1-3H3. The normalized spacial score (nSPS) is 10.5. The fraction of sp³-hybridized carbons (Fsp3) is 0.250. The molecule has 0 N–H and O–H groups in total. The van der Waals surface area contributed by atoms with E-state index in [2.05, 4.69) is 10.2 Å². The number of carbonyl (C=O) groups excluding carboxylic acids is 1. The van der Waals surface area contributed by atoms with Crippen molar-refractivity contribution in [2.75, 3.05) is 27.0 Å². The third-order valence-corrected chi connectivity index (χ3v) is 5.13. The van der Waals surface area contributed by atoms with Crippen LogP contribution in [0.2, 0.25) is 0 Å². The number of ether oxygens (including phenoxy) is 2. The molecule has 0 aliphatic carbocycles. The second-order valence-corrected chi connectivity index (χ2v) is 6.98. The highest BCUT2D eigenvalue weighted by atomic mass is 32.2. The van der Waals surface area contributed by atoms with Gasteiger partial charge in [-0.25, -0.2) is 0 Å². The van der Waals surface area contributed by atoms with Crippen molar-refractivity contribution in [3.63, 3.8) is 0 Å². The van der Waals surface area contributed by atoms with Crippen molar-refractivity contribution in [1.29, 1.82) is 0 Å². The Labute approximate surface area is 168 Å². The van der Waals surface area contributed by atoms with Crippen LogP contribution in [-0.4, -0.2) is 52.6 Å². The molecule has 0 saturated carbocycles. The molecule has 3 aromatic rings. The molecule has 0 bridgehead atoms. The smallest absolute Gasteiger partial charge is 0.233 e. The summed E-state index contributed by atoms with van der Waals surface area (Å²) in [4.78, 5) is 14.3. The van der Waals surface area contributed by atoms with Gasteiger partial charge in [-0.15, -0.1) is 10.2 Å². The van der Waals surface area contributed by atoms with Gasteiger partial charge >= 0.3 is 0 Å². The fourth-order valence-electron chi connectivity index (χ4n) is 2.67. The van der Waals surface area contributed by atoms with E-state index in [-0.39, 0.29) is 11.7 Å². The van der Waals surface area contributed by atoms with Gasteiger partial charge in [-0.1, -0.05) is 36.0 Å². The molecule has 1 aromatic heterocycles. The van der Waals surface area contributed by atoms with E-state index < -0.39 is 0 Å². The van der Waals surface area contributed by atoms with Crippen molar-refractivity contribution in [2.45, 2.75) is 11.7 Å². The molecule has 1 amide bonds. The number of para-hydroxylation sites is 1. The quantitative estimate of drug-likeness (QED) is 0.543. The first-order valence-electron chi connectivity index (χ1n) is 8.65. The number of hydrogen-bond donors (Lipinski definition) is 0. The largest absolute Gasteiger partial charge is 0.497 e. The zero-order chi connectivity index (χ0) is 19.9. The summed E-state index contributed by atoms with van der Waals surface area (Å²) in [6, 6.07) is 15.3. The second kappa shape index (κ2) is 9.27. The van der Waals surface area contributed by atoms with Gasteiger partial charge in [0.1, 0.15) is 17.8 Å². The molecule has 28 heavy (non-hydrogen) atoms. The molecule has 3 rings (SSSR count). The summed E-state index contributed by atoms with van der Waals surface area (Å²) in [6.07, 6.45) is 1.63. The van der Waals surface area contributed by atoms with Crippen LogP contribution in [-0.2, 0) is 11.3 Å². The van der Waals surface area contributed by atoms with E-state index in [1.165, 1.54) is 11.8 Å². The number of rotatable bonds is 8. The van der Waals surface area contributed by atoms with Crippen LogP contribution in [0.1, 0.15) is 5.56 Å². The Balaban J connectivity index is 1.64. The predicted molar refractivity (Wildman–Crippen MR) is 108 cm³/mol. The monoisotopic (exact) mass is 398 g/mol. The van der Waals surface area contributed by atoms with Crippen LogP contribution < -0.4 is 9.47 Å². The molecule has 1 heterocycles. The lowest BCUT2D eigenvalue weighted by molar-refractivity contribution is -0.127. The maximum Gasteiger partial charge on any atom is 0.233 e. The van der Waals surface area contributed by atoms with Gasteiger partial charge in [0.15, 0.2) is 5.16 Å². The summed E-state index contributed by atoms with van der Waals surface area (Å²) >= 11 is 1.35. The molecular weight excluding hydrogens is 376 g/mol. The number of benzene rings is 2. The van der Waals surface area contributed by atoms with Crippen molar-refractivity contribution >= 4 is 17.7 Å². The average molecular weight is 398 g/mol. The lowest BCUT2D eigenvalue weighted by Crippen LogP contribution is -2.28. The minimum absolute atomic E-state index is 0.00361. The molecule has 0 aliphatic heterocycles. The Morgan fingerprint density at radius 3 is 2.75 bits per heavy atom. The van der Waals surface area contributed by atoms with E-state index in [1.54, 1.807) is 32.5 Å². The summed E-state index contributed by atoms with van der Waals surface area (Å²) in [7, 11) is 5.03. The summed E-state index contributed by atoms with van der Waals surface area (Å²) < 4.78 is 12.5. The van der Waals surface area contributed by atoms with Crippen LogP contribution in [0.3, 0.4) is 0 Å². The highest BCUT2D eigenvalue weighted by Gasteiger charge is 2.15. The molecule has 0 fully saturated rings. The minimum Gasteiger partial charge on any atom is -0.497 e. The highest BCUT2D eigenvalue weighted by Crippen LogP contribution is 2.23. The van der Waals surface area contributed by atoms with Crippen molar-refractivity contribution in [1.82, 2.24) is 19.7 Å². The van der Waals surface area contributed by atoms with E-state index in [4.69, 9.17) is 9.47 Å². The first-order chi connectivity index (χ1) is 13.6. The van der Waals surface area contributed by atoms with E-state index in [0.29, 0.717) is 11.7 Å². The summed E-state index contributed by atoms with van der Waals surface area (Å²) in [6.45, 7) is 0.478. The van der Waals surface area contributed by atoms with Crippen LogP contribution in [0.15, 0.2) is 60.0 Å². The molecule has 2 aromatic carbocycles. The van der Waals surface area contributed by atoms with Gasteiger partial charge in [0.2, 0.25) is 5.91 Å². The molecule has 8 heteroatoms. The van der Waals surface area contributed by atoms with Gasteiger partial charge in [0.25, 0.3) is 0 Å². The summed E-state index contributed by atoms with van der Waals surface area (Å²) in [5.41, 5.74) is 1.84. The topological polar surface area (TPSA) is 69.5 Å². The molecule has 0 atom stereocenters. The predicted octanol–water partition coefficient (Wildman–Crippen LogP) is 3.04. The zero-order valence-electron chi connectivity index (χ0n) is 16.0. The molecule has 0 unspecified atom stereocenters. The maximum atomic E-state index is 12.6. The SMILES string of the molecule is COc1cccc(-n2cnnc2SCC(=O)N(C)Cc2ccccc2OC)c1. The van der Waals surface area contributed by atoms with Gasteiger partial charge in [-0.05, 0) is 18.2 Å². The third kappa shape index (κ3) is 4.64. The number of methoxy groups -OCH3 is 2. The fourth-order valence-corrected chi connectivity index (χ4v) is 3.54. The van der Waals surface area contributed by atoms with Crippen molar-refractivity contribution in [2.24, 2.45) is 0 Å². The summed E-state index contributed by atoms with van der Waals surface area (Å²) in [5.74, 6) is 1.77. The minimum atomic E-state index is -0.00361. The molecule has 0 saturated heterocycles. The average Bonchev–Trinajstić information content (AvgIpc) is 3.21. The zero-order valence-corrected chi connectivity index (χ0v) is 16.8. The van der Waals surface area contributed by atoms with E-state index in [9.17, 15) is 4.79 Å². The molecule has 7 nitrogen and oxygen atoms in total. The van der Waals surface area contributed by atoms with Gasteiger partial charge in [-0.2, -0.15) is 0 Å². The second-order valence-electron chi connectivity index (χ2n) is 6.04. The van der Waals surface area contributed by atoms with Crippen LogP contribution in [0.4, 0.5) is 0 Å². The van der Waals surface area contributed by atoms with Crippen molar-refractivity contribution in [3.05, 3.63) is 60.4 Å². The van der Waals surface area contributed by atoms with E-state index >= 15 is 0 Å². The highest BCUT2D eigenvalue weighted by molar-refractivity contribution is 7.99. The van der Waals surface area contributed by atoms with Crippen molar-refractivity contribution in [3.8, 4) is 17.2 Å². The number of hydrogen-bond acceptors (Lipinski definition) is 6. The van der Waals surface area contributed by atoms with E-state index in [1.807, 2.05) is 53.1 Å². The summed E-state index contributed by atoms with van der Waals surface area (Å²) in [5, 5.41) is 8.76. The molecule has 146 valence electrons. The Morgan fingerprint density at radius 1 is 1.14 bits per heavy atom. The Bertz CT molecular complexity index is 944. The number of thioether (sulfide) groups is 1. The molecule has 0 spiro atoms. The molecule has 0 radical (unpaired) electrons. The van der Waals surface area contributed by atoms with Gasteiger partial charge in [0.05, 0.1) is 25.7 Å². The van der Waals surface area contributed by atoms with Crippen LogP contribution in [0.5, 0.6) is 11.5 Å². The number of amides is 1. The first-order valence-corrected chi connectivity index (χ1v) is 9.64. The lowest BCUT2D eigenvalue weighted by atomic mass is 10.2. The van der Waals surface area contributed by atoms with Crippen LogP contribution >= 0.6 is 11.8 Å². The van der Waals surface area contributed by atoms with E-state index in [0.717, 1.165) is 22.7 Å². The Hall–Kier alpha value is -3.00. The Kier molecular flexibility index (Phi) is 6.54. The number of carbonyl (C=O) groups is 1. The van der Waals surface area contributed by atoms with Gasteiger partial charge in [-0.3, -0.25) is 9.36 Å². The van der Waals surface area contributed by atoms with Gasteiger partial charge < -0.3 is 14.4 Å².